The van der Waals surface area contributed by atoms with E-state index in [0.29, 0.717) is 5.56 Å². The van der Waals surface area contributed by atoms with Crippen molar-refractivity contribution in [1.82, 2.24) is 4.90 Å². The van der Waals surface area contributed by atoms with Crippen molar-refractivity contribution in [2.24, 2.45) is 0 Å². The van der Waals surface area contributed by atoms with Crippen LogP contribution in [-0.2, 0) is 0 Å². The van der Waals surface area contributed by atoms with E-state index in [9.17, 15) is 0 Å². The Balaban J connectivity index is 1.63. The van der Waals surface area contributed by atoms with Gasteiger partial charge in [-0.3, -0.25) is 0 Å². The van der Waals surface area contributed by atoms with Crippen LogP contribution in [0.2, 0.25) is 0 Å². The molecule has 0 amide bonds. The van der Waals surface area contributed by atoms with E-state index >= 15 is 0 Å². The summed E-state index contributed by atoms with van der Waals surface area (Å²) >= 11 is 0. The van der Waals surface area contributed by atoms with Gasteiger partial charge < -0.3 is 9.64 Å². The average molecular weight is 272 g/mol. The van der Waals surface area contributed by atoms with E-state index in [1.54, 1.807) is 12.1 Å². The fourth-order valence-corrected chi connectivity index (χ4v) is 2.64. The number of rotatable bonds is 5. The quantitative estimate of drug-likeness (QED) is 0.768. The lowest BCUT2D eigenvalue weighted by Gasteiger charge is -2.24. The van der Waals surface area contributed by atoms with Gasteiger partial charge >= 0.3 is 0 Å². The Morgan fingerprint density at radius 1 is 1.00 bits per heavy atom. The van der Waals surface area contributed by atoms with Crippen molar-refractivity contribution in [3.8, 4) is 11.8 Å². The van der Waals surface area contributed by atoms with Crippen LogP contribution in [0, 0.1) is 11.3 Å². The van der Waals surface area contributed by atoms with Crippen LogP contribution in [0.5, 0.6) is 5.75 Å². The van der Waals surface area contributed by atoms with Crippen molar-refractivity contribution >= 4 is 0 Å². The van der Waals surface area contributed by atoms with Crippen molar-refractivity contribution in [3.05, 3.63) is 29.8 Å². The maximum Gasteiger partial charge on any atom is 0.119 e. The predicted octanol–water partition coefficient (Wildman–Crippen LogP) is 3.59. The number of ether oxygens (including phenoxy) is 1. The number of nitrogens with zero attached hydrogens (tertiary/aromatic N) is 2. The molecule has 1 aromatic rings. The van der Waals surface area contributed by atoms with E-state index in [-0.39, 0.29) is 0 Å². The van der Waals surface area contributed by atoms with Gasteiger partial charge in [-0.15, -0.1) is 0 Å². The van der Waals surface area contributed by atoms with Gasteiger partial charge in [-0.25, -0.2) is 0 Å². The molecule has 1 aliphatic rings. The number of hydrogen-bond donors (Lipinski definition) is 0. The second kappa shape index (κ2) is 8.60. The van der Waals surface area contributed by atoms with E-state index in [0.717, 1.165) is 25.3 Å². The highest BCUT2D eigenvalue weighted by Crippen LogP contribution is 2.13. The molecule has 1 fully saturated rings. The van der Waals surface area contributed by atoms with Crippen molar-refractivity contribution < 1.29 is 4.74 Å². The third kappa shape index (κ3) is 5.22. The summed E-state index contributed by atoms with van der Waals surface area (Å²) in [4.78, 5) is 2.57. The second-order valence-corrected chi connectivity index (χ2v) is 5.45. The lowest BCUT2D eigenvalue weighted by molar-refractivity contribution is 0.218. The highest BCUT2D eigenvalue weighted by atomic mass is 16.5. The molecule has 0 aromatic heterocycles. The van der Waals surface area contributed by atoms with Crippen LogP contribution in [0.25, 0.3) is 0 Å². The van der Waals surface area contributed by atoms with Crippen molar-refractivity contribution in [2.45, 2.75) is 38.5 Å². The third-order valence-corrected chi connectivity index (χ3v) is 3.82. The van der Waals surface area contributed by atoms with E-state index in [4.69, 9.17) is 10.00 Å². The molecule has 0 saturated carbocycles. The average Bonchev–Trinajstić information content (AvgIpc) is 2.46. The standard InChI is InChI=1S/C17H24N2O/c18-15-16-7-9-17(10-8-16)20-14-6-13-19-11-4-2-1-3-5-12-19/h7-10H,1-6,11-14H2. The maximum absolute atomic E-state index is 8.73. The number of nitriles is 1. The van der Waals surface area contributed by atoms with Crippen LogP contribution >= 0.6 is 0 Å². The molecule has 0 aliphatic carbocycles. The topological polar surface area (TPSA) is 36.3 Å². The van der Waals surface area contributed by atoms with E-state index < -0.39 is 0 Å². The predicted molar refractivity (Wildman–Crippen MR) is 80.8 cm³/mol. The Morgan fingerprint density at radius 3 is 2.30 bits per heavy atom. The highest BCUT2D eigenvalue weighted by molar-refractivity contribution is 5.34. The molecule has 0 N–H and O–H groups in total. The number of benzene rings is 1. The van der Waals surface area contributed by atoms with Crippen LogP contribution in [0.15, 0.2) is 24.3 Å². The first-order valence-corrected chi connectivity index (χ1v) is 7.74. The van der Waals surface area contributed by atoms with Gasteiger partial charge in [0.25, 0.3) is 0 Å². The molecule has 1 saturated heterocycles. The smallest absolute Gasteiger partial charge is 0.119 e. The van der Waals surface area contributed by atoms with Gasteiger partial charge in [-0.05, 0) is 56.6 Å². The Labute approximate surface area is 122 Å². The molecule has 1 heterocycles. The van der Waals surface area contributed by atoms with Crippen LogP contribution in [0.3, 0.4) is 0 Å². The summed E-state index contributed by atoms with van der Waals surface area (Å²) in [5.41, 5.74) is 0.679. The zero-order valence-corrected chi connectivity index (χ0v) is 12.2. The first-order chi connectivity index (χ1) is 9.88. The minimum Gasteiger partial charge on any atom is -0.494 e. The molecule has 0 unspecified atom stereocenters. The molecule has 0 spiro atoms. The number of hydrogen-bond acceptors (Lipinski definition) is 3. The fraction of sp³-hybridized carbons (Fsp3) is 0.588. The SMILES string of the molecule is N#Cc1ccc(OCCCN2CCCCCCC2)cc1. The molecule has 3 heteroatoms. The molecule has 108 valence electrons. The maximum atomic E-state index is 8.73. The van der Waals surface area contributed by atoms with Gasteiger partial charge in [-0.1, -0.05) is 19.3 Å². The molecule has 1 aromatic carbocycles. The molecule has 0 radical (unpaired) electrons. The molecule has 1 aliphatic heterocycles. The molecular formula is C17H24N2O. The number of likely N-dealkylation sites (tertiary alicyclic amines) is 1. The fourth-order valence-electron chi connectivity index (χ4n) is 2.64. The molecule has 20 heavy (non-hydrogen) atoms. The van der Waals surface area contributed by atoms with Crippen LogP contribution in [-0.4, -0.2) is 31.1 Å². The summed E-state index contributed by atoms with van der Waals surface area (Å²) < 4.78 is 5.72. The normalized spacial score (nSPS) is 16.9. The summed E-state index contributed by atoms with van der Waals surface area (Å²) in [7, 11) is 0. The molecule has 0 bridgehead atoms. The summed E-state index contributed by atoms with van der Waals surface area (Å²) in [6, 6.07) is 9.45. The Bertz CT molecular complexity index is 414. The van der Waals surface area contributed by atoms with E-state index in [2.05, 4.69) is 11.0 Å². The van der Waals surface area contributed by atoms with Gasteiger partial charge in [0.1, 0.15) is 5.75 Å². The molecule has 2 rings (SSSR count). The first-order valence-electron chi connectivity index (χ1n) is 7.74. The Morgan fingerprint density at radius 2 is 1.65 bits per heavy atom. The summed E-state index contributed by atoms with van der Waals surface area (Å²) in [6.45, 7) is 4.38. The highest BCUT2D eigenvalue weighted by Gasteiger charge is 2.07. The minimum absolute atomic E-state index is 0.679. The van der Waals surface area contributed by atoms with Gasteiger partial charge in [0, 0.05) is 6.54 Å². The lowest BCUT2D eigenvalue weighted by Crippen LogP contribution is -2.29. The summed E-state index contributed by atoms with van der Waals surface area (Å²) in [5.74, 6) is 0.858. The Hall–Kier alpha value is -1.53. The van der Waals surface area contributed by atoms with Crippen LogP contribution < -0.4 is 4.74 Å². The summed E-state index contributed by atoms with van der Waals surface area (Å²) in [6.07, 6.45) is 7.94. The Kier molecular flexibility index (Phi) is 6.40. The second-order valence-electron chi connectivity index (χ2n) is 5.45. The van der Waals surface area contributed by atoms with Gasteiger partial charge in [0.15, 0.2) is 0 Å². The van der Waals surface area contributed by atoms with Gasteiger partial charge in [0.05, 0.1) is 18.2 Å². The summed E-state index contributed by atoms with van der Waals surface area (Å²) in [5, 5.41) is 8.73. The molecular weight excluding hydrogens is 248 g/mol. The lowest BCUT2D eigenvalue weighted by atomic mass is 10.1. The zero-order valence-electron chi connectivity index (χ0n) is 12.2. The van der Waals surface area contributed by atoms with Crippen molar-refractivity contribution in [3.63, 3.8) is 0 Å². The van der Waals surface area contributed by atoms with Crippen LogP contribution in [0.1, 0.15) is 44.1 Å². The third-order valence-electron chi connectivity index (χ3n) is 3.82. The largest absolute Gasteiger partial charge is 0.494 e. The zero-order chi connectivity index (χ0) is 14.0. The van der Waals surface area contributed by atoms with E-state index in [1.165, 1.54) is 45.2 Å². The van der Waals surface area contributed by atoms with Crippen molar-refractivity contribution in [1.29, 1.82) is 5.26 Å². The van der Waals surface area contributed by atoms with Crippen LogP contribution in [0.4, 0.5) is 0 Å². The first kappa shape index (κ1) is 14.9. The molecule has 0 atom stereocenters. The monoisotopic (exact) mass is 272 g/mol. The minimum atomic E-state index is 0.679. The van der Waals surface area contributed by atoms with E-state index in [1.807, 2.05) is 12.1 Å². The van der Waals surface area contributed by atoms with Crippen molar-refractivity contribution in [2.75, 3.05) is 26.2 Å². The van der Waals surface area contributed by atoms with Gasteiger partial charge in [-0.2, -0.15) is 5.26 Å². The van der Waals surface area contributed by atoms with Gasteiger partial charge in [0.2, 0.25) is 0 Å². The molecule has 3 nitrogen and oxygen atoms in total.